The van der Waals surface area contributed by atoms with Gasteiger partial charge in [-0.05, 0) is 36.1 Å². The highest BCUT2D eigenvalue weighted by Gasteiger charge is 2.53. The fourth-order valence-electron chi connectivity index (χ4n) is 5.33. The van der Waals surface area contributed by atoms with Gasteiger partial charge in [0.25, 0.3) is 0 Å². The van der Waals surface area contributed by atoms with Crippen LogP contribution in [0.15, 0.2) is 54.6 Å². The monoisotopic (exact) mass is 364 g/mol. The third kappa shape index (κ3) is 3.28. The zero-order chi connectivity index (χ0) is 18.9. The Morgan fingerprint density at radius 3 is 2.44 bits per heavy atom. The minimum Gasteiger partial charge on any atom is -0.373 e. The molecular weight excluding hydrogens is 336 g/mol. The van der Waals surface area contributed by atoms with Gasteiger partial charge in [0, 0.05) is 44.1 Å². The zero-order valence-electron chi connectivity index (χ0n) is 15.9. The Morgan fingerprint density at radius 1 is 1.11 bits per heavy atom. The number of amides is 1. The molecule has 1 aliphatic heterocycles. The molecule has 2 unspecified atom stereocenters. The first-order valence-electron chi connectivity index (χ1n) is 9.85. The van der Waals surface area contributed by atoms with Crippen LogP contribution in [0.1, 0.15) is 40.7 Å². The summed E-state index contributed by atoms with van der Waals surface area (Å²) in [7, 11) is 1.83. The van der Waals surface area contributed by atoms with E-state index in [1.165, 1.54) is 12.0 Å². The lowest BCUT2D eigenvalue weighted by Gasteiger charge is -2.55. The summed E-state index contributed by atoms with van der Waals surface area (Å²) < 4.78 is 6.29. The molecule has 1 amide bonds. The molecule has 1 saturated carbocycles. The van der Waals surface area contributed by atoms with Crippen molar-refractivity contribution in [3.63, 3.8) is 0 Å². The number of likely N-dealkylation sites (tertiary alicyclic amines) is 1. The number of carbonyl (C=O) groups excluding carboxylic acids is 1. The quantitative estimate of drug-likeness (QED) is 0.883. The van der Waals surface area contributed by atoms with Crippen molar-refractivity contribution >= 4 is 5.91 Å². The first-order chi connectivity index (χ1) is 13.1. The van der Waals surface area contributed by atoms with E-state index in [-0.39, 0.29) is 11.5 Å². The first kappa shape index (κ1) is 18.2. The molecule has 2 bridgehead atoms. The molecule has 1 saturated heterocycles. The van der Waals surface area contributed by atoms with Gasteiger partial charge in [-0.15, -0.1) is 0 Å². The van der Waals surface area contributed by atoms with Crippen LogP contribution in [0.2, 0.25) is 0 Å². The van der Waals surface area contributed by atoms with Gasteiger partial charge in [-0.25, -0.2) is 0 Å². The van der Waals surface area contributed by atoms with E-state index >= 15 is 0 Å². The second-order valence-corrected chi connectivity index (χ2v) is 7.95. The van der Waals surface area contributed by atoms with Gasteiger partial charge in [0.05, 0.1) is 0 Å². The molecule has 4 nitrogen and oxygen atoms in total. The second-order valence-electron chi connectivity index (χ2n) is 7.95. The molecule has 142 valence electrons. The lowest BCUT2D eigenvalue weighted by molar-refractivity contribution is -0.170. The van der Waals surface area contributed by atoms with E-state index in [4.69, 9.17) is 10.5 Å². The average Bonchev–Trinajstić information content (AvgIpc) is 2.68. The van der Waals surface area contributed by atoms with E-state index in [0.29, 0.717) is 17.4 Å². The van der Waals surface area contributed by atoms with E-state index in [1.54, 1.807) is 6.07 Å². The second kappa shape index (κ2) is 7.45. The highest BCUT2D eigenvalue weighted by Crippen LogP contribution is 2.51. The Labute approximate surface area is 161 Å². The number of benzene rings is 2. The van der Waals surface area contributed by atoms with Gasteiger partial charge in [0.1, 0.15) is 5.60 Å². The van der Waals surface area contributed by atoms with Crippen LogP contribution in [-0.4, -0.2) is 31.0 Å². The van der Waals surface area contributed by atoms with Crippen LogP contribution in [0.4, 0.5) is 0 Å². The molecule has 4 rings (SSSR count). The number of nitrogens with two attached hydrogens (primary N) is 1. The summed E-state index contributed by atoms with van der Waals surface area (Å²) in [5.41, 5.74) is 8.24. The number of rotatable bonds is 5. The Bertz CT molecular complexity index is 791. The number of methoxy groups -OCH3 is 1. The van der Waals surface area contributed by atoms with Crippen molar-refractivity contribution < 1.29 is 9.53 Å². The molecule has 1 aliphatic carbocycles. The van der Waals surface area contributed by atoms with Gasteiger partial charge in [-0.3, -0.25) is 9.69 Å². The van der Waals surface area contributed by atoms with Crippen LogP contribution in [0.3, 0.4) is 0 Å². The van der Waals surface area contributed by atoms with Gasteiger partial charge in [-0.1, -0.05) is 48.9 Å². The highest BCUT2D eigenvalue weighted by molar-refractivity contribution is 5.92. The lowest BCUT2D eigenvalue weighted by Crippen LogP contribution is -2.58. The van der Waals surface area contributed by atoms with Crippen LogP contribution in [-0.2, 0) is 16.9 Å². The molecule has 4 heteroatoms. The zero-order valence-corrected chi connectivity index (χ0v) is 15.9. The average molecular weight is 364 g/mol. The molecule has 2 fully saturated rings. The first-order valence-corrected chi connectivity index (χ1v) is 9.85. The molecule has 0 spiro atoms. The molecule has 2 N–H and O–H groups in total. The summed E-state index contributed by atoms with van der Waals surface area (Å²) in [6, 6.07) is 18.4. The van der Waals surface area contributed by atoms with Gasteiger partial charge >= 0.3 is 0 Å². The maximum absolute atomic E-state index is 11.7. The van der Waals surface area contributed by atoms with Crippen molar-refractivity contribution in [2.75, 3.05) is 20.2 Å². The third-order valence-corrected chi connectivity index (χ3v) is 6.46. The lowest BCUT2D eigenvalue weighted by atomic mass is 9.62. The predicted octanol–water partition coefficient (Wildman–Crippen LogP) is 3.56. The van der Waals surface area contributed by atoms with E-state index < -0.39 is 0 Å². The van der Waals surface area contributed by atoms with Crippen molar-refractivity contribution in [3.05, 3.63) is 71.3 Å². The molecule has 2 aliphatic rings. The van der Waals surface area contributed by atoms with Gasteiger partial charge < -0.3 is 10.5 Å². The third-order valence-electron chi connectivity index (χ3n) is 6.46. The van der Waals surface area contributed by atoms with Crippen LogP contribution < -0.4 is 5.73 Å². The standard InChI is InChI=1S/C23H28N2O2/c1-27-23(19-10-5-9-18(13-19)22(24)26)20-11-6-12-21(23)16-25(15-20)14-17-7-3-2-4-8-17/h2-5,7-10,13,20-21H,6,11-12,14-16H2,1H3,(H2,24,26). The number of hydrogen-bond donors (Lipinski definition) is 1. The van der Waals surface area contributed by atoms with Gasteiger partial charge in [0.15, 0.2) is 0 Å². The van der Waals surface area contributed by atoms with E-state index in [2.05, 4.69) is 41.3 Å². The Hall–Kier alpha value is -2.17. The SMILES string of the molecule is COC1(c2cccc(C(N)=O)c2)C2CCCC1CN(Cc1ccccc1)C2. The smallest absolute Gasteiger partial charge is 0.248 e. The number of ether oxygens (including phenoxy) is 1. The maximum atomic E-state index is 11.7. The summed E-state index contributed by atoms with van der Waals surface area (Å²) in [4.78, 5) is 14.3. The van der Waals surface area contributed by atoms with Crippen molar-refractivity contribution in [3.8, 4) is 0 Å². The largest absolute Gasteiger partial charge is 0.373 e. The van der Waals surface area contributed by atoms with E-state index in [9.17, 15) is 4.79 Å². The number of hydrogen-bond acceptors (Lipinski definition) is 3. The maximum Gasteiger partial charge on any atom is 0.248 e. The number of nitrogens with zero attached hydrogens (tertiary/aromatic N) is 1. The van der Waals surface area contributed by atoms with Crippen LogP contribution in [0, 0.1) is 11.8 Å². The topological polar surface area (TPSA) is 55.6 Å². The minimum atomic E-state index is -0.380. The molecule has 2 atom stereocenters. The number of piperidine rings is 1. The van der Waals surface area contributed by atoms with E-state index in [1.807, 2.05) is 19.2 Å². The van der Waals surface area contributed by atoms with Crippen LogP contribution in [0.25, 0.3) is 0 Å². The normalized spacial score (nSPS) is 28.0. The summed E-state index contributed by atoms with van der Waals surface area (Å²) in [6.45, 7) is 3.01. The summed E-state index contributed by atoms with van der Waals surface area (Å²) in [6.07, 6.45) is 3.54. The van der Waals surface area contributed by atoms with E-state index in [0.717, 1.165) is 38.0 Å². The minimum absolute atomic E-state index is 0.323. The number of carbonyl (C=O) groups is 1. The fourth-order valence-corrected chi connectivity index (χ4v) is 5.33. The Balaban J connectivity index is 1.64. The van der Waals surface area contributed by atoms with Crippen LogP contribution >= 0.6 is 0 Å². The van der Waals surface area contributed by atoms with Gasteiger partial charge in [-0.2, -0.15) is 0 Å². The summed E-state index contributed by atoms with van der Waals surface area (Å²) in [5, 5.41) is 0. The molecule has 1 heterocycles. The molecule has 2 aromatic carbocycles. The molecule has 0 radical (unpaired) electrons. The highest BCUT2D eigenvalue weighted by atomic mass is 16.5. The molecule has 27 heavy (non-hydrogen) atoms. The van der Waals surface area contributed by atoms with Crippen molar-refractivity contribution in [1.29, 1.82) is 0 Å². The van der Waals surface area contributed by atoms with Gasteiger partial charge in [0.2, 0.25) is 5.91 Å². The Kier molecular flexibility index (Phi) is 5.02. The fraction of sp³-hybridized carbons (Fsp3) is 0.435. The van der Waals surface area contributed by atoms with Crippen molar-refractivity contribution in [1.82, 2.24) is 4.90 Å². The van der Waals surface area contributed by atoms with Crippen molar-refractivity contribution in [2.24, 2.45) is 17.6 Å². The number of fused-ring (bicyclic) bond motifs is 2. The number of primary amides is 1. The van der Waals surface area contributed by atoms with Crippen molar-refractivity contribution in [2.45, 2.75) is 31.4 Å². The van der Waals surface area contributed by atoms with Crippen LogP contribution in [0.5, 0.6) is 0 Å². The molecule has 0 aromatic heterocycles. The summed E-state index contributed by atoms with van der Waals surface area (Å²) >= 11 is 0. The summed E-state index contributed by atoms with van der Waals surface area (Å²) in [5.74, 6) is 0.457. The Morgan fingerprint density at radius 2 is 1.81 bits per heavy atom. The molecule has 2 aromatic rings. The predicted molar refractivity (Wildman–Crippen MR) is 106 cm³/mol. The molecular formula is C23H28N2O2.